The molecule has 0 aliphatic heterocycles. The summed E-state index contributed by atoms with van der Waals surface area (Å²) in [6.45, 7) is 1.39. The molecular weight excluding hydrogens is 207 g/mol. The van der Waals surface area contributed by atoms with Crippen molar-refractivity contribution in [2.75, 3.05) is 0 Å². The van der Waals surface area contributed by atoms with Crippen LogP contribution in [0.1, 0.15) is 12.5 Å². The standard InChI is InChI=1S/C10H8ClFO2/c1-6(10(13)14)5-7-3-2-4-8(11)9(7)12/h2-5H,1H3,(H,13,14)/b6-5+. The molecule has 0 unspecified atom stereocenters. The fraction of sp³-hybridized carbons (Fsp3) is 0.100. The summed E-state index contributed by atoms with van der Waals surface area (Å²) in [7, 11) is 0. The van der Waals surface area contributed by atoms with Crippen LogP contribution in [0.15, 0.2) is 23.8 Å². The minimum absolute atomic E-state index is 0.0167. The van der Waals surface area contributed by atoms with Gasteiger partial charge in [-0.3, -0.25) is 0 Å². The van der Waals surface area contributed by atoms with Crippen molar-refractivity contribution in [3.05, 3.63) is 40.2 Å². The van der Waals surface area contributed by atoms with Crippen LogP contribution in [0, 0.1) is 5.82 Å². The highest BCUT2D eigenvalue weighted by Crippen LogP contribution is 2.19. The van der Waals surface area contributed by atoms with Crippen LogP contribution in [0.2, 0.25) is 5.02 Å². The van der Waals surface area contributed by atoms with Gasteiger partial charge in [-0.2, -0.15) is 0 Å². The molecule has 0 spiro atoms. The van der Waals surface area contributed by atoms with Gasteiger partial charge in [0.2, 0.25) is 0 Å². The van der Waals surface area contributed by atoms with Gasteiger partial charge in [0, 0.05) is 11.1 Å². The molecule has 1 rings (SSSR count). The number of halogens is 2. The molecule has 0 aliphatic rings. The van der Waals surface area contributed by atoms with Crippen LogP contribution in [-0.4, -0.2) is 11.1 Å². The Bertz CT molecular complexity index is 399. The number of aliphatic carboxylic acids is 1. The third-order valence-corrected chi connectivity index (χ3v) is 1.98. The average Bonchev–Trinajstić information content (AvgIpc) is 2.12. The van der Waals surface area contributed by atoms with Gasteiger partial charge in [0.1, 0.15) is 5.82 Å². The summed E-state index contributed by atoms with van der Waals surface area (Å²) in [5, 5.41) is 8.56. The summed E-state index contributed by atoms with van der Waals surface area (Å²) < 4.78 is 13.3. The molecule has 2 nitrogen and oxygen atoms in total. The van der Waals surface area contributed by atoms with Gasteiger partial charge in [0.25, 0.3) is 0 Å². The lowest BCUT2D eigenvalue weighted by atomic mass is 10.1. The van der Waals surface area contributed by atoms with Gasteiger partial charge in [0.05, 0.1) is 5.02 Å². The Kier molecular flexibility index (Phi) is 3.25. The summed E-state index contributed by atoms with van der Waals surface area (Å²) in [6, 6.07) is 4.43. The summed E-state index contributed by atoms with van der Waals surface area (Å²) in [5.41, 5.74) is 0.239. The van der Waals surface area contributed by atoms with Crippen molar-refractivity contribution in [2.24, 2.45) is 0 Å². The Hall–Kier alpha value is -1.35. The Balaban J connectivity index is 3.15. The summed E-state index contributed by atoms with van der Waals surface area (Å²) in [6.07, 6.45) is 1.24. The molecule has 74 valence electrons. The maximum Gasteiger partial charge on any atom is 0.331 e. The molecule has 0 fully saturated rings. The lowest BCUT2D eigenvalue weighted by molar-refractivity contribution is -0.132. The predicted octanol–water partition coefficient (Wildman–Crippen LogP) is 2.97. The third kappa shape index (κ3) is 2.33. The molecule has 0 aromatic heterocycles. The fourth-order valence-electron chi connectivity index (χ4n) is 0.927. The summed E-state index contributed by atoms with van der Waals surface area (Å²) >= 11 is 5.53. The summed E-state index contributed by atoms with van der Waals surface area (Å²) in [5.74, 6) is -1.68. The molecule has 0 amide bonds. The SMILES string of the molecule is C/C(=C\c1cccc(Cl)c1F)C(=O)O. The van der Waals surface area contributed by atoms with E-state index in [2.05, 4.69) is 0 Å². The van der Waals surface area contributed by atoms with E-state index in [9.17, 15) is 9.18 Å². The number of benzene rings is 1. The number of hydrogen-bond acceptors (Lipinski definition) is 1. The Labute approximate surface area is 85.6 Å². The zero-order chi connectivity index (χ0) is 10.7. The van der Waals surface area contributed by atoms with Crippen LogP contribution in [0.25, 0.3) is 6.08 Å². The highest BCUT2D eigenvalue weighted by molar-refractivity contribution is 6.30. The maximum atomic E-state index is 13.3. The summed E-state index contributed by atoms with van der Waals surface area (Å²) in [4.78, 5) is 10.5. The third-order valence-electron chi connectivity index (χ3n) is 1.69. The van der Waals surface area contributed by atoms with Gasteiger partial charge < -0.3 is 5.11 Å². The molecule has 14 heavy (non-hydrogen) atoms. The molecular formula is C10H8ClFO2. The molecule has 0 bridgehead atoms. The van der Waals surface area contributed by atoms with Crippen LogP contribution in [0.5, 0.6) is 0 Å². The fourth-order valence-corrected chi connectivity index (χ4v) is 1.11. The monoisotopic (exact) mass is 214 g/mol. The van der Waals surface area contributed by atoms with E-state index in [0.717, 1.165) is 0 Å². The van der Waals surface area contributed by atoms with Gasteiger partial charge in [-0.1, -0.05) is 23.7 Å². The van der Waals surface area contributed by atoms with E-state index >= 15 is 0 Å². The van der Waals surface area contributed by atoms with Crippen LogP contribution in [0.3, 0.4) is 0 Å². The predicted molar refractivity (Wildman–Crippen MR) is 52.7 cm³/mol. The van der Waals surface area contributed by atoms with Crippen molar-refractivity contribution >= 4 is 23.6 Å². The van der Waals surface area contributed by atoms with Crippen molar-refractivity contribution in [1.29, 1.82) is 0 Å². The van der Waals surface area contributed by atoms with Gasteiger partial charge >= 0.3 is 5.97 Å². The number of carboxylic acids is 1. The quantitative estimate of drug-likeness (QED) is 0.769. The van der Waals surface area contributed by atoms with Crippen LogP contribution >= 0.6 is 11.6 Å². The van der Waals surface area contributed by atoms with E-state index in [1.807, 2.05) is 0 Å². The zero-order valence-electron chi connectivity index (χ0n) is 7.42. The molecule has 1 aromatic rings. The van der Waals surface area contributed by atoms with Crippen molar-refractivity contribution in [3.63, 3.8) is 0 Å². The second-order valence-electron chi connectivity index (χ2n) is 2.78. The van der Waals surface area contributed by atoms with Crippen LogP contribution in [-0.2, 0) is 4.79 Å². The molecule has 0 saturated heterocycles. The Morgan fingerprint density at radius 3 is 2.79 bits per heavy atom. The van der Waals surface area contributed by atoms with Gasteiger partial charge in [-0.15, -0.1) is 0 Å². The van der Waals surface area contributed by atoms with Crippen molar-refractivity contribution < 1.29 is 14.3 Å². The first-order chi connectivity index (χ1) is 6.52. The lowest BCUT2D eigenvalue weighted by Crippen LogP contribution is -1.96. The highest BCUT2D eigenvalue weighted by Gasteiger charge is 2.06. The average molecular weight is 215 g/mol. The second-order valence-corrected chi connectivity index (χ2v) is 3.18. The normalized spacial score (nSPS) is 11.5. The molecule has 0 heterocycles. The first kappa shape index (κ1) is 10.7. The lowest BCUT2D eigenvalue weighted by Gasteiger charge is -1.99. The van der Waals surface area contributed by atoms with Crippen molar-refractivity contribution in [1.82, 2.24) is 0 Å². The van der Waals surface area contributed by atoms with E-state index < -0.39 is 11.8 Å². The second kappa shape index (κ2) is 4.24. The molecule has 0 radical (unpaired) electrons. The van der Waals surface area contributed by atoms with Gasteiger partial charge in [-0.05, 0) is 19.1 Å². The van der Waals surface area contributed by atoms with E-state index in [-0.39, 0.29) is 16.2 Å². The largest absolute Gasteiger partial charge is 0.478 e. The molecule has 1 N–H and O–H groups in total. The number of carbonyl (C=O) groups is 1. The number of rotatable bonds is 2. The van der Waals surface area contributed by atoms with E-state index in [0.29, 0.717) is 0 Å². The molecule has 1 aromatic carbocycles. The van der Waals surface area contributed by atoms with E-state index in [1.54, 1.807) is 6.07 Å². The van der Waals surface area contributed by atoms with Gasteiger partial charge in [0.15, 0.2) is 0 Å². The van der Waals surface area contributed by atoms with E-state index in [1.165, 1.54) is 25.1 Å². The maximum absolute atomic E-state index is 13.3. The Morgan fingerprint density at radius 2 is 2.21 bits per heavy atom. The highest BCUT2D eigenvalue weighted by atomic mass is 35.5. The Morgan fingerprint density at radius 1 is 1.57 bits per heavy atom. The zero-order valence-corrected chi connectivity index (χ0v) is 8.18. The van der Waals surface area contributed by atoms with Crippen molar-refractivity contribution in [2.45, 2.75) is 6.92 Å². The smallest absolute Gasteiger partial charge is 0.331 e. The van der Waals surface area contributed by atoms with E-state index in [4.69, 9.17) is 16.7 Å². The van der Waals surface area contributed by atoms with Crippen LogP contribution in [0.4, 0.5) is 4.39 Å². The first-order valence-electron chi connectivity index (χ1n) is 3.88. The van der Waals surface area contributed by atoms with Gasteiger partial charge in [-0.25, -0.2) is 9.18 Å². The number of hydrogen-bond donors (Lipinski definition) is 1. The van der Waals surface area contributed by atoms with Crippen LogP contribution < -0.4 is 0 Å². The number of carboxylic acid groups (broad SMARTS) is 1. The molecule has 4 heteroatoms. The minimum Gasteiger partial charge on any atom is -0.478 e. The molecule has 0 atom stereocenters. The first-order valence-corrected chi connectivity index (χ1v) is 4.26. The topological polar surface area (TPSA) is 37.3 Å². The van der Waals surface area contributed by atoms with Crippen molar-refractivity contribution in [3.8, 4) is 0 Å². The molecule has 0 aliphatic carbocycles. The minimum atomic E-state index is -1.08. The molecule has 0 saturated carbocycles.